The standard InChI is InChI=1S/C13H21ClN2O2S/c1-10(2)5-4-6-11(3)16-19(17,18)12-7-8-13(14)15-9-12/h7-11,16H,4-6H2,1-3H3/t11-/m1/s1. The van der Waals surface area contributed by atoms with Crippen molar-refractivity contribution in [3.63, 3.8) is 0 Å². The van der Waals surface area contributed by atoms with Crippen LogP contribution in [0.4, 0.5) is 0 Å². The van der Waals surface area contributed by atoms with E-state index < -0.39 is 10.0 Å². The normalized spacial score (nSPS) is 13.7. The highest BCUT2D eigenvalue weighted by atomic mass is 35.5. The van der Waals surface area contributed by atoms with Crippen molar-refractivity contribution in [3.05, 3.63) is 23.5 Å². The van der Waals surface area contributed by atoms with Gasteiger partial charge < -0.3 is 0 Å². The number of nitrogens with zero attached hydrogens (tertiary/aromatic N) is 1. The second-order valence-corrected chi connectivity index (χ2v) is 7.26. The molecule has 0 aliphatic carbocycles. The highest BCUT2D eigenvalue weighted by Gasteiger charge is 2.17. The molecule has 4 nitrogen and oxygen atoms in total. The Morgan fingerprint density at radius 3 is 2.47 bits per heavy atom. The molecule has 108 valence electrons. The molecule has 1 aromatic rings. The van der Waals surface area contributed by atoms with Crippen molar-refractivity contribution in [2.75, 3.05) is 0 Å². The number of pyridine rings is 1. The molecule has 1 N–H and O–H groups in total. The Morgan fingerprint density at radius 1 is 1.26 bits per heavy atom. The van der Waals surface area contributed by atoms with Crippen molar-refractivity contribution in [1.29, 1.82) is 0 Å². The van der Waals surface area contributed by atoms with Gasteiger partial charge in [-0.25, -0.2) is 18.1 Å². The number of rotatable bonds is 7. The summed E-state index contributed by atoms with van der Waals surface area (Å²) in [4.78, 5) is 3.93. The van der Waals surface area contributed by atoms with E-state index in [2.05, 4.69) is 23.6 Å². The molecule has 1 heterocycles. The molecule has 0 saturated carbocycles. The Hall–Kier alpha value is -0.650. The first-order valence-electron chi connectivity index (χ1n) is 6.45. The van der Waals surface area contributed by atoms with Crippen LogP contribution < -0.4 is 4.72 Å². The second-order valence-electron chi connectivity index (χ2n) is 5.16. The first kappa shape index (κ1) is 16.4. The average molecular weight is 305 g/mol. The number of aromatic nitrogens is 1. The van der Waals surface area contributed by atoms with Crippen LogP contribution in [0.1, 0.15) is 40.0 Å². The fraction of sp³-hybridized carbons (Fsp3) is 0.615. The lowest BCUT2D eigenvalue weighted by Crippen LogP contribution is -2.32. The number of sulfonamides is 1. The van der Waals surface area contributed by atoms with Crippen LogP contribution >= 0.6 is 11.6 Å². The van der Waals surface area contributed by atoms with Crippen LogP contribution in [0.25, 0.3) is 0 Å². The van der Waals surface area contributed by atoms with E-state index >= 15 is 0 Å². The van der Waals surface area contributed by atoms with Gasteiger partial charge >= 0.3 is 0 Å². The fourth-order valence-corrected chi connectivity index (χ4v) is 3.08. The van der Waals surface area contributed by atoms with E-state index in [1.807, 2.05) is 6.92 Å². The Balaban J connectivity index is 2.57. The molecule has 1 atom stereocenters. The minimum Gasteiger partial charge on any atom is -0.243 e. The third-order valence-electron chi connectivity index (χ3n) is 2.79. The molecule has 0 bridgehead atoms. The molecule has 6 heteroatoms. The van der Waals surface area contributed by atoms with E-state index in [1.165, 1.54) is 18.3 Å². The molecular weight excluding hydrogens is 284 g/mol. The van der Waals surface area contributed by atoms with Gasteiger partial charge in [0.2, 0.25) is 10.0 Å². The molecule has 19 heavy (non-hydrogen) atoms. The number of nitrogens with one attached hydrogen (secondary N) is 1. The van der Waals surface area contributed by atoms with Gasteiger partial charge in [-0.3, -0.25) is 0 Å². The maximum absolute atomic E-state index is 12.1. The lowest BCUT2D eigenvalue weighted by molar-refractivity contribution is 0.488. The summed E-state index contributed by atoms with van der Waals surface area (Å²) in [5, 5.41) is 0.281. The van der Waals surface area contributed by atoms with Gasteiger partial charge in [0.05, 0.1) is 0 Å². The van der Waals surface area contributed by atoms with Crippen molar-refractivity contribution in [2.24, 2.45) is 5.92 Å². The van der Waals surface area contributed by atoms with Crippen LogP contribution in [0, 0.1) is 5.92 Å². The van der Waals surface area contributed by atoms with Crippen molar-refractivity contribution < 1.29 is 8.42 Å². The van der Waals surface area contributed by atoms with E-state index in [-0.39, 0.29) is 16.1 Å². The van der Waals surface area contributed by atoms with Crippen LogP contribution in [0.3, 0.4) is 0 Å². The molecule has 0 unspecified atom stereocenters. The van der Waals surface area contributed by atoms with Gasteiger partial charge in [0.1, 0.15) is 10.0 Å². The third-order valence-corrected chi connectivity index (χ3v) is 4.58. The second kappa shape index (κ2) is 7.22. The molecule has 0 aliphatic rings. The highest BCUT2D eigenvalue weighted by Crippen LogP contribution is 2.13. The zero-order valence-corrected chi connectivity index (χ0v) is 13.1. The molecule has 1 rings (SSSR count). The number of halogens is 1. The Bertz CT molecular complexity index is 486. The van der Waals surface area contributed by atoms with Crippen LogP contribution in [-0.4, -0.2) is 19.4 Å². The van der Waals surface area contributed by atoms with Gasteiger partial charge in [-0.05, 0) is 31.4 Å². The Kier molecular flexibility index (Phi) is 6.23. The predicted molar refractivity (Wildman–Crippen MR) is 77.7 cm³/mol. The summed E-state index contributed by atoms with van der Waals surface area (Å²) in [6.45, 7) is 6.20. The summed E-state index contributed by atoms with van der Waals surface area (Å²) in [7, 11) is -3.50. The van der Waals surface area contributed by atoms with Gasteiger partial charge in [0.25, 0.3) is 0 Å². The zero-order valence-electron chi connectivity index (χ0n) is 11.6. The minimum absolute atomic E-state index is 0.0839. The van der Waals surface area contributed by atoms with E-state index in [0.717, 1.165) is 19.3 Å². The summed E-state index contributed by atoms with van der Waals surface area (Å²) in [6, 6.07) is 2.84. The molecule has 1 aromatic heterocycles. The van der Waals surface area contributed by atoms with Gasteiger partial charge in [-0.2, -0.15) is 0 Å². The molecule has 0 saturated heterocycles. The van der Waals surface area contributed by atoms with Gasteiger partial charge in [0, 0.05) is 12.2 Å². The summed E-state index contributed by atoms with van der Waals surface area (Å²) in [5.74, 6) is 0.643. The highest BCUT2D eigenvalue weighted by molar-refractivity contribution is 7.89. The van der Waals surface area contributed by atoms with Crippen LogP contribution in [0.15, 0.2) is 23.2 Å². The zero-order chi connectivity index (χ0) is 14.5. The lowest BCUT2D eigenvalue weighted by Gasteiger charge is -2.14. The van der Waals surface area contributed by atoms with E-state index in [1.54, 1.807) is 0 Å². The summed E-state index contributed by atoms with van der Waals surface area (Å²) in [6.07, 6.45) is 4.22. The quantitative estimate of drug-likeness (QED) is 0.787. The van der Waals surface area contributed by atoms with Crippen LogP contribution in [0.5, 0.6) is 0 Å². The molecule has 0 amide bonds. The number of hydrogen-bond acceptors (Lipinski definition) is 3. The van der Waals surface area contributed by atoms with Gasteiger partial charge in [-0.15, -0.1) is 0 Å². The van der Waals surface area contributed by atoms with Crippen molar-refractivity contribution in [2.45, 2.75) is 51.0 Å². The first-order chi connectivity index (χ1) is 8.81. The molecule has 0 radical (unpaired) electrons. The van der Waals surface area contributed by atoms with Crippen molar-refractivity contribution in [1.82, 2.24) is 9.71 Å². The molecule has 0 aromatic carbocycles. The topological polar surface area (TPSA) is 59.1 Å². The largest absolute Gasteiger partial charge is 0.243 e. The predicted octanol–water partition coefficient (Wildman–Crippen LogP) is 3.23. The van der Waals surface area contributed by atoms with Gasteiger partial charge in [0.15, 0.2) is 0 Å². The average Bonchev–Trinajstić information content (AvgIpc) is 2.28. The van der Waals surface area contributed by atoms with Crippen molar-refractivity contribution >= 4 is 21.6 Å². The molecule has 0 fully saturated rings. The number of hydrogen-bond donors (Lipinski definition) is 1. The first-order valence-corrected chi connectivity index (χ1v) is 8.31. The maximum atomic E-state index is 12.1. The van der Waals surface area contributed by atoms with Gasteiger partial charge in [-0.1, -0.05) is 38.3 Å². The van der Waals surface area contributed by atoms with E-state index in [4.69, 9.17) is 11.6 Å². The smallest absolute Gasteiger partial charge is 0.242 e. The van der Waals surface area contributed by atoms with Crippen LogP contribution in [0.2, 0.25) is 5.15 Å². The summed E-state index contributed by atoms with van der Waals surface area (Å²) >= 11 is 5.64. The van der Waals surface area contributed by atoms with Crippen LogP contribution in [-0.2, 0) is 10.0 Å². The SMILES string of the molecule is CC(C)CCC[C@@H](C)NS(=O)(=O)c1ccc(Cl)nc1. The van der Waals surface area contributed by atoms with E-state index in [9.17, 15) is 8.42 Å². The lowest BCUT2D eigenvalue weighted by atomic mass is 10.0. The summed E-state index contributed by atoms with van der Waals surface area (Å²) in [5.41, 5.74) is 0. The monoisotopic (exact) mass is 304 g/mol. The third kappa shape index (κ3) is 5.89. The maximum Gasteiger partial charge on any atom is 0.242 e. The summed E-state index contributed by atoms with van der Waals surface area (Å²) < 4.78 is 26.8. The van der Waals surface area contributed by atoms with E-state index in [0.29, 0.717) is 5.92 Å². The Labute approximate surface area is 120 Å². The molecule has 0 aliphatic heterocycles. The molecular formula is C13H21ClN2O2S. The van der Waals surface area contributed by atoms with Crippen molar-refractivity contribution in [3.8, 4) is 0 Å². The molecule has 0 spiro atoms. The Morgan fingerprint density at radius 2 is 1.95 bits per heavy atom. The minimum atomic E-state index is -3.50. The fourth-order valence-electron chi connectivity index (χ4n) is 1.75.